The van der Waals surface area contributed by atoms with Crippen LogP contribution in [0.4, 0.5) is 14.9 Å². The average molecular weight is 298 g/mol. The molecular formula is C13H19FN4O3. The first-order chi connectivity index (χ1) is 10.1. The number of nitrogens with one attached hydrogen (secondary N) is 1. The molecule has 1 aromatic carbocycles. The zero-order valence-corrected chi connectivity index (χ0v) is 11.8. The number of amidine groups is 1. The highest BCUT2D eigenvalue weighted by molar-refractivity contribution is 5.90. The van der Waals surface area contributed by atoms with E-state index in [0.717, 1.165) is 0 Å². The molecule has 0 spiro atoms. The van der Waals surface area contributed by atoms with Gasteiger partial charge in [-0.05, 0) is 12.1 Å². The summed E-state index contributed by atoms with van der Waals surface area (Å²) in [6.07, 6.45) is 0.199. The molecule has 0 saturated heterocycles. The number of hydrogen-bond acceptors (Lipinski definition) is 4. The minimum absolute atomic E-state index is 0.0103. The number of carbonyl (C=O) groups is 1. The van der Waals surface area contributed by atoms with Gasteiger partial charge >= 0.3 is 6.03 Å². The highest BCUT2D eigenvalue weighted by atomic mass is 19.1. The summed E-state index contributed by atoms with van der Waals surface area (Å²) in [6, 6.07) is 5.39. The van der Waals surface area contributed by atoms with E-state index in [1.165, 1.54) is 30.2 Å². The first-order valence-corrected chi connectivity index (χ1v) is 6.34. The highest BCUT2D eigenvalue weighted by Crippen LogP contribution is 2.13. The number of rotatable bonds is 7. The van der Waals surface area contributed by atoms with Crippen LogP contribution in [-0.4, -0.2) is 48.8 Å². The summed E-state index contributed by atoms with van der Waals surface area (Å²) in [5.74, 6) is -0.509. The van der Waals surface area contributed by atoms with Crippen LogP contribution in [0.5, 0.6) is 0 Å². The first-order valence-electron chi connectivity index (χ1n) is 6.34. The molecule has 0 unspecified atom stereocenters. The molecule has 0 aliphatic carbocycles. The maximum atomic E-state index is 13.5. The van der Waals surface area contributed by atoms with Crippen LogP contribution in [0.3, 0.4) is 0 Å². The lowest BCUT2D eigenvalue weighted by Crippen LogP contribution is -2.39. The predicted octanol–water partition coefficient (Wildman–Crippen LogP) is 1.44. The van der Waals surface area contributed by atoms with E-state index in [2.05, 4.69) is 10.5 Å². The number of hydrogen-bond donors (Lipinski definition) is 3. The molecule has 0 aliphatic rings. The van der Waals surface area contributed by atoms with Gasteiger partial charge in [0.05, 0.1) is 12.3 Å². The average Bonchev–Trinajstić information content (AvgIpc) is 2.49. The number of carbonyl (C=O) groups excluding carboxylic acids is 1. The van der Waals surface area contributed by atoms with Gasteiger partial charge in [-0.2, -0.15) is 0 Å². The van der Waals surface area contributed by atoms with Crippen molar-refractivity contribution >= 4 is 17.6 Å². The number of para-hydroxylation sites is 1. The molecule has 4 N–H and O–H groups in total. The smallest absolute Gasteiger partial charge is 0.322 e. The fourth-order valence-electron chi connectivity index (χ4n) is 1.57. The van der Waals surface area contributed by atoms with E-state index in [1.54, 1.807) is 6.07 Å². The van der Waals surface area contributed by atoms with Gasteiger partial charge in [0, 0.05) is 26.6 Å². The number of oxime groups is 1. The van der Waals surface area contributed by atoms with Crippen molar-refractivity contribution in [3.63, 3.8) is 0 Å². The number of ether oxygens (including phenoxy) is 1. The Bertz CT molecular complexity index is 496. The summed E-state index contributed by atoms with van der Waals surface area (Å²) in [6.45, 7) is 0.843. The lowest BCUT2D eigenvalue weighted by Gasteiger charge is -2.22. The molecule has 0 heterocycles. The van der Waals surface area contributed by atoms with Crippen molar-refractivity contribution in [2.24, 2.45) is 10.9 Å². The topological polar surface area (TPSA) is 100 Å². The Morgan fingerprint density at radius 3 is 2.81 bits per heavy atom. The van der Waals surface area contributed by atoms with Gasteiger partial charge in [0.1, 0.15) is 11.7 Å². The molecule has 8 heteroatoms. The molecule has 0 atom stereocenters. The number of halogens is 1. The van der Waals surface area contributed by atoms with Crippen molar-refractivity contribution in [2.75, 3.05) is 32.1 Å². The number of amides is 2. The van der Waals surface area contributed by atoms with Gasteiger partial charge in [0.25, 0.3) is 0 Å². The minimum Gasteiger partial charge on any atom is -0.409 e. The Balaban J connectivity index is 2.68. The molecule has 2 amide bonds. The molecule has 0 aliphatic heterocycles. The normalized spacial score (nSPS) is 11.2. The zero-order valence-electron chi connectivity index (χ0n) is 11.8. The summed E-state index contributed by atoms with van der Waals surface area (Å²) in [5.41, 5.74) is 5.47. The standard InChI is InChI=1S/C13H19FN4O3/c1-21-9-8-18(7-6-12(15)17-20)13(19)16-11-5-3-2-4-10(11)14/h2-5,20H,6-9H2,1H3,(H2,15,17)(H,16,19). The van der Waals surface area contributed by atoms with E-state index in [0.29, 0.717) is 13.2 Å². The van der Waals surface area contributed by atoms with E-state index in [9.17, 15) is 9.18 Å². The van der Waals surface area contributed by atoms with Gasteiger partial charge in [-0.15, -0.1) is 0 Å². The second-order valence-corrected chi connectivity index (χ2v) is 4.23. The Kier molecular flexibility index (Phi) is 6.96. The Morgan fingerprint density at radius 2 is 2.19 bits per heavy atom. The van der Waals surface area contributed by atoms with Crippen molar-refractivity contribution in [1.29, 1.82) is 0 Å². The largest absolute Gasteiger partial charge is 0.409 e. The van der Waals surface area contributed by atoms with E-state index in [1.807, 2.05) is 0 Å². The molecule has 0 radical (unpaired) electrons. The van der Waals surface area contributed by atoms with E-state index < -0.39 is 11.8 Å². The molecular weight excluding hydrogens is 279 g/mol. The van der Waals surface area contributed by atoms with Crippen LogP contribution >= 0.6 is 0 Å². The number of nitrogens with zero attached hydrogens (tertiary/aromatic N) is 2. The zero-order chi connectivity index (χ0) is 15.7. The third kappa shape index (κ3) is 5.65. The van der Waals surface area contributed by atoms with Gasteiger partial charge in [-0.1, -0.05) is 17.3 Å². The third-order valence-electron chi connectivity index (χ3n) is 2.73. The first kappa shape index (κ1) is 16.7. The van der Waals surface area contributed by atoms with E-state index in [4.69, 9.17) is 15.7 Å². The third-order valence-corrected chi connectivity index (χ3v) is 2.73. The van der Waals surface area contributed by atoms with Gasteiger partial charge in [0.15, 0.2) is 0 Å². The molecule has 0 aromatic heterocycles. The molecule has 0 bridgehead atoms. The molecule has 1 rings (SSSR count). The number of methoxy groups -OCH3 is 1. The van der Waals surface area contributed by atoms with Crippen LogP contribution in [-0.2, 0) is 4.74 Å². The summed E-state index contributed by atoms with van der Waals surface area (Å²) in [7, 11) is 1.51. The van der Waals surface area contributed by atoms with E-state index >= 15 is 0 Å². The molecule has 7 nitrogen and oxygen atoms in total. The molecule has 0 fully saturated rings. The van der Waals surface area contributed by atoms with Gasteiger partial charge in [0.2, 0.25) is 0 Å². The summed E-state index contributed by atoms with van der Waals surface area (Å²) in [4.78, 5) is 13.5. The monoisotopic (exact) mass is 298 g/mol. The quantitative estimate of drug-likeness (QED) is 0.307. The fourth-order valence-corrected chi connectivity index (χ4v) is 1.57. The van der Waals surface area contributed by atoms with Crippen LogP contribution in [0, 0.1) is 5.82 Å². The van der Waals surface area contributed by atoms with Crippen molar-refractivity contribution < 1.29 is 19.1 Å². The molecule has 0 saturated carbocycles. The second kappa shape index (κ2) is 8.75. The predicted molar refractivity (Wildman–Crippen MR) is 76.9 cm³/mol. The molecule has 116 valence electrons. The van der Waals surface area contributed by atoms with Gasteiger partial charge in [-0.3, -0.25) is 0 Å². The fraction of sp³-hybridized carbons (Fsp3) is 0.385. The number of nitrogens with two attached hydrogens (primary N) is 1. The molecule has 1 aromatic rings. The lowest BCUT2D eigenvalue weighted by atomic mass is 10.3. The lowest BCUT2D eigenvalue weighted by molar-refractivity contribution is 0.156. The Labute approximate surface area is 122 Å². The second-order valence-electron chi connectivity index (χ2n) is 4.23. The summed E-state index contributed by atoms with van der Waals surface area (Å²) < 4.78 is 18.4. The Hall–Kier alpha value is -2.35. The van der Waals surface area contributed by atoms with Gasteiger partial charge in [-0.25, -0.2) is 9.18 Å². The highest BCUT2D eigenvalue weighted by Gasteiger charge is 2.15. The Morgan fingerprint density at radius 1 is 1.48 bits per heavy atom. The van der Waals surface area contributed by atoms with Gasteiger partial charge < -0.3 is 25.9 Å². The molecule has 21 heavy (non-hydrogen) atoms. The van der Waals surface area contributed by atoms with Crippen molar-refractivity contribution in [3.8, 4) is 0 Å². The van der Waals surface area contributed by atoms with Crippen LogP contribution in [0.25, 0.3) is 0 Å². The van der Waals surface area contributed by atoms with Crippen LogP contribution in [0.1, 0.15) is 6.42 Å². The number of anilines is 1. The van der Waals surface area contributed by atoms with E-state index in [-0.39, 0.29) is 24.5 Å². The summed E-state index contributed by atoms with van der Waals surface area (Å²) in [5, 5.41) is 13.8. The maximum Gasteiger partial charge on any atom is 0.322 e. The van der Waals surface area contributed by atoms with Crippen molar-refractivity contribution in [2.45, 2.75) is 6.42 Å². The SMILES string of the molecule is COCCN(CCC(N)=NO)C(=O)Nc1ccccc1F. The number of benzene rings is 1. The van der Waals surface area contributed by atoms with Crippen LogP contribution in [0.15, 0.2) is 29.4 Å². The van der Waals surface area contributed by atoms with Crippen LogP contribution < -0.4 is 11.1 Å². The minimum atomic E-state index is -0.519. The van der Waals surface area contributed by atoms with Crippen molar-refractivity contribution in [3.05, 3.63) is 30.1 Å². The van der Waals surface area contributed by atoms with Crippen molar-refractivity contribution in [1.82, 2.24) is 4.90 Å². The number of urea groups is 1. The summed E-state index contributed by atoms with van der Waals surface area (Å²) >= 11 is 0. The van der Waals surface area contributed by atoms with Crippen LogP contribution in [0.2, 0.25) is 0 Å². The maximum absolute atomic E-state index is 13.5.